The van der Waals surface area contributed by atoms with Crippen molar-refractivity contribution in [3.8, 4) is 0 Å². The molecule has 0 aliphatic rings. The monoisotopic (exact) mass is 251 g/mol. The topological polar surface area (TPSA) is 39.1 Å². The van der Waals surface area contributed by atoms with Crippen LogP contribution in [0.2, 0.25) is 0 Å². The smallest absolute Gasteiger partial charge is 0.203 e. The van der Waals surface area contributed by atoms with Gasteiger partial charge in [-0.2, -0.15) is 11.3 Å². The number of imidazole rings is 1. The van der Waals surface area contributed by atoms with Gasteiger partial charge in [0.05, 0.1) is 6.61 Å². The minimum absolute atomic E-state index is 0.697. The Morgan fingerprint density at radius 1 is 1.47 bits per heavy atom. The summed E-state index contributed by atoms with van der Waals surface area (Å²) in [5.74, 6) is 0.896. The van der Waals surface area contributed by atoms with Crippen molar-refractivity contribution >= 4 is 17.3 Å². The number of anilines is 1. The van der Waals surface area contributed by atoms with Gasteiger partial charge in [0.25, 0.3) is 0 Å². The van der Waals surface area contributed by atoms with Crippen LogP contribution in [-0.2, 0) is 17.8 Å². The van der Waals surface area contributed by atoms with Crippen LogP contribution < -0.4 is 5.32 Å². The molecule has 1 N–H and O–H groups in total. The standard InChI is InChI=1S/C12H17N3OS/c1-10-8-17-9-11(10)7-14-12-13-3-4-15(12)5-6-16-2/h3-4,8-9H,5-7H2,1-2H3,(H,13,14). The molecule has 0 spiro atoms. The Kier molecular flexibility index (Phi) is 4.17. The highest BCUT2D eigenvalue weighted by Crippen LogP contribution is 2.15. The fourth-order valence-corrected chi connectivity index (χ4v) is 2.45. The average Bonchev–Trinajstić information content (AvgIpc) is 2.93. The largest absolute Gasteiger partial charge is 0.383 e. The maximum Gasteiger partial charge on any atom is 0.203 e. The zero-order chi connectivity index (χ0) is 12.1. The van der Waals surface area contributed by atoms with Crippen LogP contribution in [0, 0.1) is 6.92 Å². The second-order valence-corrected chi connectivity index (χ2v) is 4.61. The van der Waals surface area contributed by atoms with Gasteiger partial charge in [-0.05, 0) is 28.8 Å². The summed E-state index contributed by atoms with van der Waals surface area (Å²) in [7, 11) is 1.71. The van der Waals surface area contributed by atoms with Gasteiger partial charge in [-0.1, -0.05) is 0 Å². The Balaban J connectivity index is 1.95. The van der Waals surface area contributed by atoms with E-state index >= 15 is 0 Å². The summed E-state index contributed by atoms with van der Waals surface area (Å²) in [5.41, 5.74) is 2.66. The Bertz CT molecular complexity index is 464. The maximum absolute atomic E-state index is 5.06. The van der Waals surface area contributed by atoms with Gasteiger partial charge in [-0.25, -0.2) is 4.98 Å². The molecule has 2 heterocycles. The molecule has 0 aliphatic carbocycles. The Morgan fingerprint density at radius 2 is 2.35 bits per heavy atom. The number of hydrogen-bond acceptors (Lipinski definition) is 4. The third-order valence-corrected chi connectivity index (χ3v) is 3.56. The highest BCUT2D eigenvalue weighted by molar-refractivity contribution is 7.08. The molecule has 0 fully saturated rings. The van der Waals surface area contributed by atoms with Crippen molar-refractivity contribution in [1.29, 1.82) is 0 Å². The number of rotatable bonds is 6. The van der Waals surface area contributed by atoms with Gasteiger partial charge >= 0.3 is 0 Å². The van der Waals surface area contributed by atoms with Gasteiger partial charge < -0.3 is 14.6 Å². The second kappa shape index (κ2) is 5.84. The lowest BCUT2D eigenvalue weighted by atomic mass is 10.2. The summed E-state index contributed by atoms with van der Waals surface area (Å²) in [5, 5.41) is 7.68. The molecule has 0 unspecified atom stereocenters. The maximum atomic E-state index is 5.06. The van der Waals surface area contributed by atoms with Crippen molar-refractivity contribution in [2.75, 3.05) is 19.0 Å². The van der Waals surface area contributed by atoms with Crippen LogP contribution >= 0.6 is 11.3 Å². The van der Waals surface area contributed by atoms with Gasteiger partial charge in [0.2, 0.25) is 5.95 Å². The first-order valence-corrected chi connectivity index (χ1v) is 6.51. The zero-order valence-corrected chi connectivity index (χ0v) is 11.0. The predicted octanol–water partition coefficient (Wildman–Crippen LogP) is 2.51. The van der Waals surface area contributed by atoms with Crippen molar-refractivity contribution < 1.29 is 4.74 Å². The van der Waals surface area contributed by atoms with Crippen LogP contribution in [-0.4, -0.2) is 23.3 Å². The van der Waals surface area contributed by atoms with Crippen LogP contribution in [0.4, 0.5) is 5.95 Å². The zero-order valence-electron chi connectivity index (χ0n) is 10.1. The molecule has 0 aliphatic heterocycles. The van der Waals surface area contributed by atoms with E-state index in [1.165, 1.54) is 11.1 Å². The number of thiophene rings is 1. The molecular formula is C12H17N3OS. The molecule has 2 rings (SSSR count). The molecule has 5 heteroatoms. The lowest BCUT2D eigenvalue weighted by Crippen LogP contribution is -2.10. The van der Waals surface area contributed by atoms with Gasteiger partial charge in [0, 0.05) is 32.6 Å². The van der Waals surface area contributed by atoms with Crippen LogP contribution in [0.3, 0.4) is 0 Å². The molecule has 0 saturated heterocycles. The molecule has 92 valence electrons. The number of aromatic nitrogens is 2. The molecule has 0 aromatic carbocycles. The Hall–Kier alpha value is -1.33. The number of nitrogens with zero attached hydrogens (tertiary/aromatic N) is 2. The van der Waals surface area contributed by atoms with Gasteiger partial charge in [-0.15, -0.1) is 0 Å². The quantitative estimate of drug-likeness (QED) is 0.857. The van der Waals surface area contributed by atoms with E-state index < -0.39 is 0 Å². The molecule has 4 nitrogen and oxygen atoms in total. The number of ether oxygens (including phenoxy) is 1. The van der Waals surface area contributed by atoms with Gasteiger partial charge in [0.1, 0.15) is 0 Å². The third kappa shape index (κ3) is 3.08. The minimum Gasteiger partial charge on any atom is -0.383 e. The number of aryl methyl sites for hydroxylation is 1. The van der Waals surface area contributed by atoms with Crippen LogP contribution in [0.15, 0.2) is 23.2 Å². The summed E-state index contributed by atoms with van der Waals surface area (Å²) in [6.45, 7) is 4.47. The summed E-state index contributed by atoms with van der Waals surface area (Å²) >= 11 is 1.73. The molecule has 0 radical (unpaired) electrons. The van der Waals surface area contributed by atoms with E-state index in [4.69, 9.17) is 4.74 Å². The SMILES string of the molecule is COCCn1ccnc1NCc1cscc1C. The molecular weight excluding hydrogens is 234 g/mol. The van der Waals surface area contributed by atoms with E-state index in [2.05, 4.69) is 32.6 Å². The minimum atomic E-state index is 0.697. The van der Waals surface area contributed by atoms with Crippen LogP contribution in [0.25, 0.3) is 0 Å². The van der Waals surface area contributed by atoms with Crippen LogP contribution in [0.1, 0.15) is 11.1 Å². The first kappa shape index (κ1) is 12.1. The summed E-state index contributed by atoms with van der Waals surface area (Å²) in [6, 6.07) is 0. The summed E-state index contributed by atoms with van der Waals surface area (Å²) in [6.07, 6.45) is 3.76. The highest BCUT2D eigenvalue weighted by Gasteiger charge is 2.03. The second-order valence-electron chi connectivity index (χ2n) is 3.87. The highest BCUT2D eigenvalue weighted by atomic mass is 32.1. The lowest BCUT2D eigenvalue weighted by Gasteiger charge is -2.09. The van der Waals surface area contributed by atoms with Gasteiger partial charge in [-0.3, -0.25) is 0 Å². The number of hydrogen-bond donors (Lipinski definition) is 1. The van der Waals surface area contributed by atoms with Crippen molar-refractivity contribution in [3.63, 3.8) is 0 Å². The molecule has 17 heavy (non-hydrogen) atoms. The molecule has 0 saturated carbocycles. The van der Waals surface area contributed by atoms with Crippen molar-refractivity contribution in [1.82, 2.24) is 9.55 Å². The van der Waals surface area contributed by atoms with E-state index in [9.17, 15) is 0 Å². The van der Waals surface area contributed by atoms with Gasteiger partial charge in [0.15, 0.2) is 0 Å². The van der Waals surface area contributed by atoms with E-state index in [-0.39, 0.29) is 0 Å². The van der Waals surface area contributed by atoms with E-state index in [1.807, 2.05) is 6.20 Å². The Morgan fingerprint density at radius 3 is 3.06 bits per heavy atom. The van der Waals surface area contributed by atoms with Crippen molar-refractivity contribution in [3.05, 3.63) is 34.3 Å². The average molecular weight is 251 g/mol. The summed E-state index contributed by atoms with van der Waals surface area (Å²) < 4.78 is 7.13. The predicted molar refractivity (Wildman–Crippen MR) is 70.5 cm³/mol. The third-order valence-electron chi connectivity index (χ3n) is 2.65. The first-order valence-electron chi connectivity index (χ1n) is 5.57. The lowest BCUT2D eigenvalue weighted by molar-refractivity contribution is 0.187. The normalized spacial score (nSPS) is 10.7. The molecule has 0 amide bonds. The van der Waals surface area contributed by atoms with E-state index in [0.717, 1.165) is 19.0 Å². The molecule has 2 aromatic heterocycles. The molecule has 2 aromatic rings. The fourth-order valence-electron chi connectivity index (χ4n) is 1.59. The van der Waals surface area contributed by atoms with Crippen LogP contribution in [0.5, 0.6) is 0 Å². The molecule has 0 bridgehead atoms. The number of nitrogens with one attached hydrogen (secondary N) is 1. The molecule has 0 atom stereocenters. The first-order chi connectivity index (χ1) is 8.31. The van der Waals surface area contributed by atoms with E-state index in [0.29, 0.717) is 6.61 Å². The summed E-state index contributed by atoms with van der Waals surface area (Å²) in [4.78, 5) is 4.30. The Labute approximate surface area is 105 Å². The number of methoxy groups -OCH3 is 1. The van der Waals surface area contributed by atoms with Crippen molar-refractivity contribution in [2.45, 2.75) is 20.0 Å². The van der Waals surface area contributed by atoms with E-state index in [1.54, 1.807) is 24.6 Å². The fraction of sp³-hybridized carbons (Fsp3) is 0.417. The van der Waals surface area contributed by atoms with Crippen molar-refractivity contribution in [2.24, 2.45) is 0 Å².